The molecule has 3 aromatic rings. The van der Waals surface area contributed by atoms with Crippen LogP contribution in [-0.2, 0) is 11.2 Å². The second kappa shape index (κ2) is 6.46. The molecule has 2 aromatic carbocycles. The van der Waals surface area contributed by atoms with E-state index in [0.717, 1.165) is 37.9 Å². The van der Waals surface area contributed by atoms with Crippen molar-refractivity contribution in [3.8, 4) is 5.75 Å². The van der Waals surface area contributed by atoms with E-state index in [1.165, 1.54) is 0 Å². The first kappa shape index (κ1) is 15.6. The summed E-state index contributed by atoms with van der Waals surface area (Å²) in [7, 11) is 1.63. The fraction of sp³-hybridized carbons (Fsp3) is 0.167. The molecule has 0 unspecified atom stereocenters. The number of carbonyl (C=O) groups is 1. The van der Waals surface area contributed by atoms with Gasteiger partial charge in [-0.3, -0.25) is 4.79 Å². The number of methoxy groups -OCH3 is 1. The van der Waals surface area contributed by atoms with Crippen LogP contribution in [0.2, 0.25) is 0 Å². The summed E-state index contributed by atoms with van der Waals surface area (Å²) >= 11 is 3.46. The number of rotatable bonds is 4. The lowest BCUT2D eigenvalue weighted by Gasteiger charge is -2.07. The third kappa shape index (κ3) is 3.40. The molecule has 0 spiro atoms. The normalized spacial score (nSPS) is 10.7. The van der Waals surface area contributed by atoms with E-state index in [1.54, 1.807) is 7.11 Å². The highest BCUT2D eigenvalue weighted by molar-refractivity contribution is 9.10. The number of anilines is 1. The molecule has 0 saturated heterocycles. The van der Waals surface area contributed by atoms with E-state index >= 15 is 0 Å². The van der Waals surface area contributed by atoms with Crippen molar-refractivity contribution >= 4 is 38.4 Å². The minimum Gasteiger partial charge on any atom is -0.497 e. The number of fused-ring (bicyclic) bond motifs is 1. The number of amides is 1. The molecule has 4 nitrogen and oxygen atoms in total. The molecule has 3 rings (SSSR count). The molecular weight excluding hydrogens is 356 g/mol. The van der Waals surface area contributed by atoms with E-state index in [-0.39, 0.29) is 5.91 Å². The van der Waals surface area contributed by atoms with Crippen LogP contribution >= 0.6 is 15.9 Å². The Bertz CT molecular complexity index is 871. The lowest BCUT2D eigenvalue weighted by atomic mass is 10.1. The summed E-state index contributed by atoms with van der Waals surface area (Å²) in [5.74, 6) is 0.734. The Hall–Kier alpha value is -2.27. The van der Waals surface area contributed by atoms with Gasteiger partial charge in [0.05, 0.1) is 13.5 Å². The van der Waals surface area contributed by atoms with Crippen molar-refractivity contribution in [2.45, 2.75) is 13.3 Å². The van der Waals surface area contributed by atoms with Gasteiger partial charge in [0, 0.05) is 27.3 Å². The Kier molecular flexibility index (Phi) is 4.39. The fourth-order valence-corrected chi connectivity index (χ4v) is 2.78. The summed E-state index contributed by atoms with van der Waals surface area (Å²) < 4.78 is 6.28. The van der Waals surface area contributed by atoms with Crippen LogP contribution in [0.15, 0.2) is 47.1 Å². The smallest absolute Gasteiger partial charge is 0.228 e. The van der Waals surface area contributed by atoms with E-state index in [0.29, 0.717) is 6.42 Å². The van der Waals surface area contributed by atoms with Crippen molar-refractivity contribution in [1.82, 2.24) is 4.98 Å². The number of aromatic nitrogens is 1. The van der Waals surface area contributed by atoms with Gasteiger partial charge in [-0.15, -0.1) is 0 Å². The van der Waals surface area contributed by atoms with E-state index in [2.05, 4.69) is 26.2 Å². The minimum absolute atomic E-state index is 0.0459. The van der Waals surface area contributed by atoms with E-state index in [4.69, 9.17) is 4.74 Å². The molecule has 2 N–H and O–H groups in total. The van der Waals surface area contributed by atoms with E-state index in [1.807, 2.05) is 49.5 Å². The van der Waals surface area contributed by atoms with Crippen molar-refractivity contribution < 1.29 is 9.53 Å². The van der Waals surface area contributed by atoms with Crippen LogP contribution < -0.4 is 10.1 Å². The number of halogens is 1. The maximum atomic E-state index is 12.3. The average molecular weight is 373 g/mol. The summed E-state index contributed by atoms with van der Waals surface area (Å²) in [5.41, 5.74) is 3.83. The maximum Gasteiger partial charge on any atom is 0.228 e. The number of hydrogen-bond acceptors (Lipinski definition) is 2. The van der Waals surface area contributed by atoms with Gasteiger partial charge in [0.15, 0.2) is 0 Å². The molecule has 5 heteroatoms. The average Bonchev–Trinajstić information content (AvgIpc) is 2.93. The maximum absolute atomic E-state index is 12.3. The Morgan fingerprint density at radius 1 is 1.26 bits per heavy atom. The van der Waals surface area contributed by atoms with Gasteiger partial charge in [-0.25, -0.2) is 0 Å². The van der Waals surface area contributed by atoms with Crippen molar-refractivity contribution in [2.75, 3.05) is 12.4 Å². The zero-order valence-corrected chi connectivity index (χ0v) is 14.5. The molecular formula is C18H17BrN2O2. The van der Waals surface area contributed by atoms with Gasteiger partial charge >= 0.3 is 0 Å². The lowest BCUT2D eigenvalue weighted by Crippen LogP contribution is -2.14. The summed E-state index contributed by atoms with van der Waals surface area (Å²) in [6, 6.07) is 11.5. The molecule has 0 aliphatic carbocycles. The number of hydrogen-bond donors (Lipinski definition) is 2. The predicted molar refractivity (Wildman–Crippen MR) is 96.1 cm³/mol. The summed E-state index contributed by atoms with van der Waals surface area (Å²) in [6.07, 6.45) is 2.18. The molecule has 0 atom stereocenters. The minimum atomic E-state index is -0.0459. The van der Waals surface area contributed by atoms with Gasteiger partial charge in [-0.2, -0.15) is 0 Å². The van der Waals surface area contributed by atoms with E-state index < -0.39 is 0 Å². The Morgan fingerprint density at radius 3 is 2.83 bits per heavy atom. The second-order valence-corrected chi connectivity index (χ2v) is 6.27. The highest BCUT2D eigenvalue weighted by Crippen LogP contribution is 2.24. The van der Waals surface area contributed by atoms with Crippen LogP contribution in [0.1, 0.15) is 11.1 Å². The van der Waals surface area contributed by atoms with Gasteiger partial charge in [0.1, 0.15) is 5.75 Å². The fourth-order valence-electron chi connectivity index (χ4n) is 2.53. The van der Waals surface area contributed by atoms with E-state index in [9.17, 15) is 4.79 Å². The number of benzene rings is 2. The van der Waals surface area contributed by atoms with Crippen molar-refractivity contribution in [1.29, 1.82) is 0 Å². The molecule has 23 heavy (non-hydrogen) atoms. The molecule has 0 aliphatic rings. The Morgan fingerprint density at radius 2 is 2.09 bits per heavy atom. The molecule has 1 heterocycles. The zero-order valence-electron chi connectivity index (χ0n) is 12.9. The largest absolute Gasteiger partial charge is 0.497 e. The van der Waals surface area contributed by atoms with Crippen molar-refractivity contribution in [3.05, 3.63) is 58.2 Å². The van der Waals surface area contributed by atoms with Crippen molar-refractivity contribution in [3.63, 3.8) is 0 Å². The lowest BCUT2D eigenvalue weighted by molar-refractivity contribution is -0.115. The molecule has 0 fully saturated rings. The summed E-state index contributed by atoms with van der Waals surface area (Å²) in [4.78, 5) is 15.5. The topological polar surface area (TPSA) is 54.1 Å². The van der Waals surface area contributed by atoms with Crippen LogP contribution in [0.4, 0.5) is 5.69 Å². The molecule has 1 aromatic heterocycles. The van der Waals surface area contributed by atoms with Crippen LogP contribution in [-0.4, -0.2) is 18.0 Å². The van der Waals surface area contributed by atoms with Gasteiger partial charge < -0.3 is 15.0 Å². The quantitative estimate of drug-likeness (QED) is 0.711. The molecule has 0 bridgehead atoms. The summed E-state index contributed by atoms with van der Waals surface area (Å²) in [6.45, 7) is 1.99. The molecule has 0 saturated carbocycles. The van der Waals surface area contributed by atoms with Gasteiger partial charge in [0.25, 0.3) is 0 Å². The standard InChI is InChI=1S/C18H17BrN2O2/c1-11-7-13(3-5-16(11)19)21-18(22)8-12-10-20-17-6-4-14(23-2)9-15(12)17/h3-7,9-10,20H,8H2,1-2H3,(H,21,22). The van der Waals surface area contributed by atoms with Crippen LogP contribution in [0, 0.1) is 6.92 Å². The zero-order chi connectivity index (χ0) is 16.4. The van der Waals surface area contributed by atoms with Crippen LogP contribution in [0.5, 0.6) is 5.75 Å². The van der Waals surface area contributed by atoms with Crippen LogP contribution in [0.25, 0.3) is 10.9 Å². The monoisotopic (exact) mass is 372 g/mol. The number of carbonyl (C=O) groups excluding carboxylic acids is 1. The third-order valence-corrected chi connectivity index (χ3v) is 4.66. The molecule has 0 radical (unpaired) electrons. The van der Waals surface area contributed by atoms with Gasteiger partial charge in [-0.1, -0.05) is 15.9 Å². The van der Waals surface area contributed by atoms with Gasteiger partial charge in [-0.05, 0) is 54.4 Å². The molecule has 118 valence electrons. The van der Waals surface area contributed by atoms with Gasteiger partial charge in [0.2, 0.25) is 5.91 Å². The SMILES string of the molecule is COc1ccc2[nH]cc(CC(=O)Nc3ccc(Br)c(C)c3)c2c1. The second-order valence-electron chi connectivity index (χ2n) is 5.41. The number of aromatic amines is 1. The number of nitrogens with one attached hydrogen (secondary N) is 2. The van der Waals surface area contributed by atoms with Crippen molar-refractivity contribution in [2.24, 2.45) is 0 Å². The number of H-pyrrole nitrogens is 1. The first-order valence-corrected chi connectivity index (χ1v) is 8.06. The molecule has 1 amide bonds. The number of ether oxygens (including phenoxy) is 1. The predicted octanol–water partition coefficient (Wildman–Crippen LogP) is 4.43. The Labute approximate surface area is 143 Å². The first-order chi connectivity index (χ1) is 11.1. The van der Waals surface area contributed by atoms with Crippen LogP contribution in [0.3, 0.4) is 0 Å². The molecule has 0 aliphatic heterocycles. The first-order valence-electron chi connectivity index (χ1n) is 7.27. The highest BCUT2D eigenvalue weighted by Gasteiger charge is 2.10. The third-order valence-electron chi connectivity index (χ3n) is 3.77. The Balaban J connectivity index is 1.78. The summed E-state index contributed by atoms with van der Waals surface area (Å²) in [5, 5.41) is 3.94. The number of aryl methyl sites for hydroxylation is 1. The highest BCUT2D eigenvalue weighted by atomic mass is 79.9.